The van der Waals surface area contributed by atoms with Gasteiger partial charge in [0.2, 0.25) is 15.9 Å². The molecule has 0 unspecified atom stereocenters. The van der Waals surface area contributed by atoms with Crippen LogP contribution in [0.25, 0.3) is 0 Å². The molecule has 0 atom stereocenters. The monoisotopic (exact) mass is 427 g/mol. The molecule has 8 nitrogen and oxygen atoms in total. The van der Waals surface area contributed by atoms with E-state index in [2.05, 4.69) is 10.3 Å². The molecule has 0 aliphatic carbocycles. The van der Waals surface area contributed by atoms with E-state index in [9.17, 15) is 18.0 Å². The van der Waals surface area contributed by atoms with Gasteiger partial charge in [-0.3, -0.25) is 4.79 Å². The van der Waals surface area contributed by atoms with E-state index < -0.39 is 28.4 Å². The van der Waals surface area contributed by atoms with Gasteiger partial charge in [0.15, 0.2) is 0 Å². The number of hydrogen-bond acceptors (Lipinski definition) is 5. The maximum Gasteiger partial charge on any atom is 0.341 e. The highest BCUT2D eigenvalue weighted by atomic mass is 35.5. The average molecular weight is 428 g/mol. The third-order valence-corrected chi connectivity index (χ3v) is 6.19. The third kappa shape index (κ3) is 4.73. The van der Waals surface area contributed by atoms with Crippen LogP contribution in [0.5, 0.6) is 0 Å². The molecule has 0 radical (unpaired) electrons. The largest absolute Gasteiger partial charge is 0.462 e. The molecule has 0 saturated carbocycles. The van der Waals surface area contributed by atoms with E-state index in [0.29, 0.717) is 22.1 Å². The number of sulfonamides is 1. The Bertz CT molecular complexity index is 983. The molecule has 10 heteroatoms. The molecule has 2 N–H and O–H groups in total. The lowest BCUT2D eigenvalue weighted by Gasteiger charge is -2.18. The van der Waals surface area contributed by atoms with Gasteiger partial charge in [-0.15, -0.1) is 0 Å². The van der Waals surface area contributed by atoms with E-state index >= 15 is 0 Å². The Kier molecular flexibility index (Phi) is 6.87. The number of anilines is 1. The van der Waals surface area contributed by atoms with Gasteiger partial charge in [0.05, 0.1) is 13.2 Å². The number of rotatable bonds is 7. The zero-order chi connectivity index (χ0) is 21.1. The van der Waals surface area contributed by atoms with Crippen molar-refractivity contribution in [1.82, 2.24) is 9.29 Å². The van der Waals surface area contributed by atoms with Crippen molar-refractivity contribution in [2.24, 2.45) is 0 Å². The number of H-pyrrole nitrogens is 1. The summed E-state index contributed by atoms with van der Waals surface area (Å²) in [6.07, 6.45) is 0. The van der Waals surface area contributed by atoms with Crippen molar-refractivity contribution >= 4 is 39.2 Å². The van der Waals surface area contributed by atoms with Crippen molar-refractivity contribution in [2.75, 3.05) is 25.5 Å². The van der Waals surface area contributed by atoms with Crippen LogP contribution in [0.1, 0.15) is 28.7 Å². The zero-order valence-electron chi connectivity index (χ0n) is 16.0. The maximum absolute atomic E-state index is 13.0. The molecule has 0 spiro atoms. The van der Waals surface area contributed by atoms with Crippen molar-refractivity contribution in [3.63, 3.8) is 0 Å². The molecule has 2 aromatic rings. The molecule has 28 heavy (non-hydrogen) atoms. The number of halogens is 1. The lowest BCUT2D eigenvalue weighted by atomic mass is 10.2. The summed E-state index contributed by atoms with van der Waals surface area (Å²) in [5.41, 5.74) is 1.12. The standard InChI is InChI=1S/C18H22ClN3O5S/c1-5-27-18(24)16-11(2)20-12(3)17(16)28(25,26)22(4)10-15(23)21-14-8-6-13(19)7-9-14/h6-9,20H,5,10H2,1-4H3,(H,21,23). The molecular weight excluding hydrogens is 406 g/mol. The molecule has 0 fully saturated rings. The second-order valence-electron chi connectivity index (χ2n) is 6.12. The summed E-state index contributed by atoms with van der Waals surface area (Å²) < 4.78 is 31.9. The van der Waals surface area contributed by atoms with Crippen LogP contribution >= 0.6 is 11.6 Å². The fraction of sp³-hybridized carbons (Fsp3) is 0.333. The summed E-state index contributed by atoms with van der Waals surface area (Å²) in [4.78, 5) is 27.2. The first-order valence-electron chi connectivity index (χ1n) is 8.46. The second-order valence-corrected chi connectivity index (χ2v) is 8.53. The van der Waals surface area contributed by atoms with Gasteiger partial charge in [-0.1, -0.05) is 11.6 Å². The summed E-state index contributed by atoms with van der Waals surface area (Å²) in [6, 6.07) is 6.42. The highest BCUT2D eigenvalue weighted by Gasteiger charge is 2.33. The number of hydrogen-bond donors (Lipinski definition) is 2. The summed E-state index contributed by atoms with van der Waals surface area (Å²) in [6.45, 7) is 4.45. The molecular formula is C18H22ClN3O5S. The zero-order valence-corrected chi connectivity index (χ0v) is 17.6. The van der Waals surface area contributed by atoms with Gasteiger partial charge in [-0.2, -0.15) is 4.31 Å². The van der Waals surface area contributed by atoms with Crippen LogP contribution in [-0.2, 0) is 19.6 Å². The third-order valence-electron chi connectivity index (χ3n) is 3.96. The Morgan fingerprint density at radius 3 is 2.36 bits per heavy atom. The van der Waals surface area contributed by atoms with Crippen LogP contribution in [0.15, 0.2) is 29.2 Å². The van der Waals surface area contributed by atoms with Gasteiger partial charge in [0, 0.05) is 29.1 Å². The van der Waals surface area contributed by atoms with E-state index in [0.717, 1.165) is 4.31 Å². The van der Waals surface area contributed by atoms with Crippen LogP contribution in [-0.4, -0.2) is 49.8 Å². The fourth-order valence-electron chi connectivity index (χ4n) is 2.71. The van der Waals surface area contributed by atoms with Gasteiger partial charge < -0.3 is 15.0 Å². The van der Waals surface area contributed by atoms with E-state index in [4.69, 9.17) is 16.3 Å². The number of esters is 1. The quantitative estimate of drug-likeness (QED) is 0.660. The Hall–Kier alpha value is -2.36. The van der Waals surface area contributed by atoms with Crippen LogP contribution in [0.4, 0.5) is 5.69 Å². The molecule has 1 aromatic heterocycles. The normalized spacial score (nSPS) is 11.5. The number of aromatic amines is 1. The highest BCUT2D eigenvalue weighted by Crippen LogP contribution is 2.27. The first-order valence-corrected chi connectivity index (χ1v) is 10.3. The summed E-state index contributed by atoms with van der Waals surface area (Å²) in [7, 11) is -2.85. The molecule has 0 saturated heterocycles. The number of benzene rings is 1. The predicted octanol–water partition coefficient (Wildman–Crippen LogP) is 2.72. The Morgan fingerprint density at radius 2 is 1.79 bits per heavy atom. The summed E-state index contributed by atoms with van der Waals surface area (Å²) in [5, 5.41) is 3.11. The molecule has 0 aliphatic heterocycles. The molecule has 1 heterocycles. The Morgan fingerprint density at radius 1 is 1.18 bits per heavy atom. The summed E-state index contributed by atoms with van der Waals surface area (Å²) in [5.74, 6) is -1.27. The van der Waals surface area contributed by atoms with Crippen molar-refractivity contribution in [2.45, 2.75) is 25.7 Å². The highest BCUT2D eigenvalue weighted by molar-refractivity contribution is 7.89. The van der Waals surface area contributed by atoms with Crippen molar-refractivity contribution in [1.29, 1.82) is 0 Å². The molecule has 1 amide bonds. The number of aromatic nitrogens is 1. The van der Waals surface area contributed by atoms with Crippen LogP contribution < -0.4 is 5.32 Å². The number of carbonyl (C=O) groups excluding carboxylic acids is 2. The van der Waals surface area contributed by atoms with Crippen LogP contribution in [0.3, 0.4) is 0 Å². The number of aryl methyl sites for hydroxylation is 2. The van der Waals surface area contributed by atoms with Gasteiger partial charge in [-0.25, -0.2) is 13.2 Å². The van der Waals surface area contributed by atoms with Crippen LogP contribution in [0, 0.1) is 13.8 Å². The van der Waals surface area contributed by atoms with Crippen molar-refractivity contribution in [3.05, 3.63) is 46.2 Å². The van der Waals surface area contributed by atoms with Gasteiger partial charge in [0.25, 0.3) is 0 Å². The van der Waals surface area contributed by atoms with E-state index in [1.165, 1.54) is 7.05 Å². The number of nitrogens with zero attached hydrogens (tertiary/aromatic N) is 1. The van der Waals surface area contributed by atoms with Gasteiger partial charge in [0.1, 0.15) is 10.5 Å². The molecule has 0 aliphatic rings. The fourth-order valence-corrected chi connectivity index (χ4v) is 4.36. The van der Waals surface area contributed by atoms with Crippen molar-refractivity contribution in [3.8, 4) is 0 Å². The average Bonchev–Trinajstić information content (AvgIpc) is 2.91. The van der Waals surface area contributed by atoms with Crippen LogP contribution in [0.2, 0.25) is 5.02 Å². The Labute approximate surface area is 168 Å². The minimum atomic E-state index is -4.12. The molecule has 2 rings (SSSR count). The smallest absolute Gasteiger partial charge is 0.341 e. The molecule has 1 aromatic carbocycles. The number of amides is 1. The van der Waals surface area contributed by atoms with E-state index in [-0.39, 0.29) is 17.1 Å². The number of carbonyl (C=O) groups is 2. The maximum atomic E-state index is 13.0. The Balaban J connectivity index is 2.25. The lowest BCUT2D eigenvalue weighted by molar-refractivity contribution is -0.116. The topological polar surface area (TPSA) is 109 Å². The lowest BCUT2D eigenvalue weighted by Crippen LogP contribution is -2.35. The van der Waals surface area contributed by atoms with E-state index in [1.54, 1.807) is 45.0 Å². The number of ether oxygens (including phenoxy) is 1. The number of nitrogens with one attached hydrogen (secondary N) is 2. The number of likely N-dealkylation sites (N-methyl/N-ethyl adjacent to an activating group) is 1. The summed E-state index contributed by atoms with van der Waals surface area (Å²) >= 11 is 5.80. The first-order chi connectivity index (χ1) is 13.1. The minimum Gasteiger partial charge on any atom is -0.462 e. The van der Waals surface area contributed by atoms with Gasteiger partial charge in [-0.05, 0) is 45.0 Å². The van der Waals surface area contributed by atoms with Crippen molar-refractivity contribution < 1.29 is 22.7 Å². The first kappa shape index (κ1) is 21.9. The van der Waals surface area contributed by atoms with Gasteiger partial charge >= 0.3 is 5.97 Å². The minimum absolute atomic E-state index is 0.0516. The molecule has 0 bridgehead atoms. The van der Waals surface area contributed by atoms with E-state index in [1.807, 2.05) is 0 Å². The predicted molar refractivity (Wildman–Crippen MR) is 106 cm³/mol. The molecule has 152 valence electrons. The second kappa shape index (κ2) is 8.76. The SMILES string of the molecule is CCOC(=O)c1c(C)[nH]c(C)c1S(=O)(=O)N(C)CC(=O)Nc1ccc(Cl)cc1.